The first-order valence-electron chi connectivity index (χ1n) is 6.37. The predicted octanol–water partition coefficient (Wildman–Crippen LogP) is 3.68. The Morgan fingerprint density at radius 1 is 1.33 bits per heavy atom. The maximum Gasteiger partial charge on any atom is 0.104 e. The lowest BCUT2D eigenvalue weighted by atomic mass is 10.0. The van der Waals surface area contributed by atoms with Crippen LogP contribution in [0.4, 0.5) is 0 Å². The van der Waals surface area contributed by atoms with E-state index in [0.717, 1.165) is 18.7 Å². The van der Waals surface area contributed by atoms with Gasteiger partial charge in [0.15, 0.2) is 0 Å². The van der Waals surface area contributed by atoms with Crippen LogP contribution < -0.4 is 5.32 Å². The van der Waals surface area contributed by atoms with Crippen LogP contribution in [0.25, 0.3) is 0 Å². The van der Waals surface area contributed by atoms with Gasteiger partial charge in [-0.3, -0.25) is 5.32 Å². The summed E-state index contributed by atoms with van der Waals surface area (Å²) >= 11 is 1.82. The Bertz CT molecular complexity index is 437. The third-order valence-electron chi connectivity index (χ3n) is 3.16. The molecule has 98 valence electrons. The molecule has 0 aliphatic rings. The summed E-state index contributed by atoms with van der Waals surface area (Å²) in [5, 5.41) is 12.4. The summed E-state index contributed by atoms with van der Waals surface area (Å²) in [6, 6.07) is 8.90. The molecule has 2 nitrogen and oxygen atoms in total. The molecule has 0 heterocycles. The lowest BCUT2D eigenvalue weighted by molar-refractivity contribution is 0.450. The number of nitrogens with zero attached hydrogens (tertiary/aromatic N) is 1. The SMILES string of the molecule is CCNC(C)(C#N)CCSc1ccc(C)c(C)c1. The van der Waals surface area contributed by atoms with Gasteiger partial charge in [0.25, 0.3) is 0 Å². The fourth-order valence-electron chi connectivity index (χ4n) is 1.75. The second kappa shape index (κ2) is 6.82. The molecule has 0 fully saturated rings. The van der Waals surface area contributed by atoms with Gasteiger partial charge < -0.3 is 0 Å². The molecule has 0 aliphatic carbocycles. The van der Waals surface area contributed by atoms with Crippen LogP contribution in [-0.4, -0.2) is 17.8 Å². The van der Waals surface area contributed by atoms with Crippen LogP contribution in [-0.2, 0) is 0 Å². The van der Waals surface area contributed by atoms with E-state index < -0.39 is 5.54 Å². The molecule has 0 radical (unpaired) electrons. The molecule has 1 unspecified atom stereocenters. The summed E-state index contributed by atoms with van der Waals surface area (Å²) in [4.78, 5) is 1.29. The molecule has 1 N–H and O–H groups in total. The average molecular weight is 262 g/mol. The number of aryl methyl sites for hydroxylation is 2. The molecule has 1 atom stereocenters. The minimum Gasteiger partial charge on any atom is -0.300 e. The predicted molar refractivity (Wildman–Crippen MR) is 79.0 cm³/mol. The zero-order valence-corrected chi connectivity index (χ0v) is 12.5. The first kappa shape index (κ1) is 15.1. The van der Waals surface area contributed by atoms with Crippen molar-refractivity contribution in [2.75, 3.05) is 12.3 Å². The van der Waals surface area contributed by atoms with Gasteiger partial charge >= 0.3 is 0 Å². The number of nitrogens with one attached hydrogen (secondary N) is 1. The van der Waals surface area contributed by atoms with Crippen LogP contribution in [0.2, 0.25) is 0 Å². The van der Waals surface area contributed by atoms with E-state index in [1.54, 1.807) is 0 Å². The van der Waals surface area contributed by atoms with Crippen molar-refractivity contribution in [1.29, 1.82) is 5.26 Å². The Balaban J connectivity index is 2.51. The van der Waals surface area contributed by atoms with Gasteiger partial charge in [-0.25, -0.2) is 0 Å². The molecule has 0 saturated heterocycles. The van der Waals surface area contributed by atoms with Gasteiger partial charge in [0.05, 0.1) is 6.07 Å². The van der Waals surface area contributed by atoms with Gasteiger partial charge in [-0.15, -0.1) is 11.8 Å². The maximum absolute atomic E-state index is 9.17. The first-order valence-corrected chi connectivity index (χ1v) is 7.35. The molecule has 0 spiro atoms. The fourth-order valence-corrected chi connectivity index (χ4v) is 2.92. The van der Waals surface area contributed by atoms with Crippen molar-refractivity contribution in [3.8, 4) is 6.07 Å². The van der Waals surface area contributed by atoms with Crippen molar-refractivity contribution < 1.29 is 0 Å². The van der Waals surface area contributed by atoms with E-state index in [4.69, 9.17) is 0 Å². The van der Waals surface area contributed by atoms with E-state index in [9.17, 15) is 5.26 Å². The second-order valence-corrected chi connectivity index (χ2v) is 5.99. The summed E-state index contributed by atoms with van der Waals surface area (Å²) in [7, 11) is 0. The van der Waals surface area contributed by atoms with E-state index in [1.807, 2.05) is 25.6 Å². The van der Waals surface area contributed by atoms with Crippen LogP contribution in [0.3, 0.4) is 0 Å². The highest BCUT2D eigenvalue weighted by Gasteiger charge is 2.21. The summed E-state index contributed by atoms with van der Waals surface area (Å²) in [6.45, 7) is 9.10. The van der Waals surface area contributed by atoms with Crippen molar-refractivity contribution in [3.63, 3.8) is 0 Å². The number of nitriles is 1. The van der Waals surface area contributed by atoms with Crippen LogP contribution in [0.1, 0.15) is 31.4 Å². The molecule has 0 aliphatic heterocycles. The molecular weight excluding hydrogens is 240 g/mol. The van der Waals surface area contributed by atoms with Crippen LogP contribution in [0.15, 0.2) is 23.1 Å². The highest BCUT2D eigenvalue weighted by molar-refractivity contribution is 7.99. The Morgan fingerprint density at radius 3 is 2.61 bits per heavy atom. The van der Waals surface area contributed by atoms with E-state index in [1.165, 1.54) is 16.0 Å². The Kier molecular flexibility index (Phi) is 5.71. The number of hydrogen-bond donors (Lipinski definition) is 1. The highest BCUT2D eigenvalue weighted by atomic mass is 32.2. The standard InChI is InChI=1S/C15H22N2S/c1-5-17-15(4,11-16)8-9-18-14-7-6-12(2)13(3)10-14/h6-7,10,17H,5,8-9H2,1-4H3. The summed E-state index contributed by atoms with van der Waals surface area (Å²) in [5.41, 5.74) is 2.25. The molecule has 0 saturated carbocycles. The van der Waals surface area contributed by atoms with Gasteiger partial charge in [0.1, 0.15) is 5.54 Å². The van der Waals surface area contributed by atoms with E-state index in [2.05, 4.69) is 43.4 Å². The Labute approximate surface area is 115 Å². The zero-order valence-electron chi connectivity index (χ0n) is 11.7. The maximum atomic E-state index is 9.17. The lowest BCUT2D eigenvalue weighted by Gasteiger charge is -2.22. The molecule has 0 aromatic heterocycles. The van der Waals surface area contributed by atoms with Gasteiger partial charge in [-0.2, -0.15) is 5.26 Å². The fraction of sp³-hybridized carbons (Fsp3) is 0.533. The second-order valence-electron chi connectivity index (χ2n) is 4.82. The van der Waals surface area contributed by atoms with E-state index in [-0.39, 0.29) is 0 Å². The van der Waals surface area contributed by atoms with Crippen molar-refractivity contribution >= 4 is 11.8 Å². The van der Waals surface area contributed by atoms with Gasteiger partial charge in [0, 0.05) is 10.6 Å². The number of thioether (sulfide) groups is 1. The summed E-state index contributed by atoms with van der Waals surface area (Å²) in [6.07, 6.45) is 0.856. The average Bonchev–Trinajstić information content (AvgIpc) is 2.34. The zero-order chi connectivity index (χ0) is 13.6. The molecule has 1 aromatic rings. The number of hydrogen-bond acceptors (Lipinski definition) is 3. The van der Waals surface area contributed by atoms with Crippen LogP contribution >= 0.6 is 11.8 Å². The summed E-state index contributed by atoms with van der Waals surface area (Å²) < 4.78 is 0. The van der Waals surface area contributed by atoms with Crippen molar-refractivity contribution in [3.05, 3.63) is 29.3 Å². The molecule has 0 bridgehead atoms. The van der Waals surface area contributed by atoms with Crippen molar-refractivity contribution in [2.24, 2.45) is 0 Å². The van der Waals surface area contributed by atoms with E-state index >= 15 is 0 Å². The largest absolute Gasteiger partial charge is 0.300 e. The third kappa shape index (κ3) is 4.36. The topological polar surface area (TPSA) is 35.8 Å². The lowest BCUT2D eigenvalue weighted by Crippen LogP contribution is -2.41. The first-order chi connectivity index (χ1) is 8.50. The molecular formula is C15H22N2S. The Morgan fingerprint density at radius 2 is 2.06 bits per heavy atom. The third-order valence-corrected chi connectivity index (χ3v) is 4.16. The minimum absolute atomic E-state index is 0.401. The molecule has 18 heavy (non-hydrogen) atoms. The van der Waals surface area contributed by atoms with Gasteiger partial charge in [0.2, 0.25) is 0 Å². The monoisotopic (exact) mass is 262 g/mol. The van der Waals surface area contributed by atoms with Crippen molar-refractivity contribution in [1.82, 2.24) is 5.32 Å². The molecule has 1 rings (SSSR count). The van der Waals surface area contributed by atoms with Crippen molar-refractivity contribution in [2.45, 2.75) is 44.6 Å². The smallest absolute Gasteiger partial charge is 0.104 e. The normalized spacial score (nSPS) is 13.9. The summed E-state index contributed by atoms with van der Waals surface area (Å²) in [5.74, 6) is 0.958. The number of rotatable bonds is 6. The number of benzene rings is 1. The molecule has 0 amide bonds. The quantitative estimate of drug-likeness (QED) is 0.794. The van der Waals surface area contributed by atoms with Gasteiger partial charge in [-0.1, -0.05) is 13.0 Å². The highest BCUT2D eigenvalue weighted by Crippen LogP contribution is 2.23. The minimum atomic E-state index is -0.401. The molecule has 1 aromatic carbocycles. The van der Waals surface area contributed by atoms with Gasteiger partial charge in [-0.05, 0) is 57.0 Å². The van der Waals surface area contributed by atoms with Crippen LogP contribution in [0, 0.1) is 25.2 Å². The van der Waals surface area contributed by atoms with E-state index in [0.29, 0.717) is 0 Å². The molecule has 3 heteroatoms. The van der Waals surface area contributed by atoms with Crippen LogP contribution in [0.5, 0.6) is 0 Å². The Hall–Kier alpha value is -0.980.